The molecule has 0 radical (unpaired) electrons. The fourth-order valence-electron chi connectivity index (χ4n) is 2.81. The molecule has 0 spiro atoms. The van der Waals surface area contributed by atoms with Crippen LogP contribution in [0.4, 0.5) is 0 Å². The van der Waals surface area contributed by atoms with Gasteiger partial charge in [0.1, 0.15) is 0 Å². The van der Waals surface area contributed by atoms with Crippen molar-refractivity contribution in [2.24, 2.45) is 11.3 Å². The number of likely N-dealkylation sites (tertiary alicyclic amines) is 1. The number of rotatable bonds is 1. The molecule has 2 rings (SSSR count). The second-order valence-corrected chi connectivity index (χ2v) is 8.42. The summed E-state index contributed by atoms with van der Waals surface area (Å²) in [4.78, 5) is 14.5. The molecule has 0 aliphatic carbocycles. The highest BCUT2D eigenvalue weighted by atomic mass is 79.9. The van der Waals surface area contributed by atoms with Crippen LogP contribution in [0.1, 0.15) is 44.0 Å². The largest absolute Gasteiger partial charge is 0.339 e. The zero-order chi connectivity index (χ0) is 14.9. The van der Waals surface area contributed by atoms with Gasteiger partial charge in [0.2, 0.25) is 0 Å². The molecule has 0 aromatic heterocycles. The van der Waals surface area contributed by atoms with Crippen molar-refractivity contribution in [1.29, 1.82) is 0 Å². The Labute approximate surface area is 138 Å². The van der Waals surface area contributed by atoms with Crippen molar-refractivity contribution in [3.05, 3.63) is 32.7 Å². The molecule has 4 heteroatoms. The summed E-state index contributed by atoms with van der Waals surface area (Å²) in [5.74, 6) is 0.847. The zero-order valence-electron chi connectivity index (χ0n) is 12.2. The SMILES string of the molecule is CC(C)(C)C1CCN(C(=O)c2cc(Br)cc(Br)c2)CC1. The first-order valence-corrected chi connectivity index (χ1v) is 8.61. The first kappa shape index (κ1) is 16.0. The molecule has 1 fully saturated rings. The van der Waals surface area contributed by atoms with Crippen molar-refractivity contribution in [2.45, 2.75) is 33.6 Å². The minimum absolute atomic E-state index is 0.138. The van der Waals surface area contributed by atoms with Crippen molar-refractivity contribution in [1.82, 2.24) is 4.90 Å². The van der Waals surface area contributed by atoms with E-state index in [0.29, 0.717) is 11.3 Å². The van der Waals surface area contributed by atoms with Crippen molar-refractivity contribution in [3.63, 3.8) is 0 Å². The predicted octanol–water partition coefficient (Wildman–Crippen LogP) is 5.11. The summed E-state index contributed by atoms with van der Waals surface area (Å²) in [6.07, 6.45) is 2.20. The van der Waals surface area contributed by atoms with Crippen LogP contribution in [0.2, 0.25) is 0 Å². The van der Waals surface area contributed by atoms with E-state index in [1.807, 2.05) is 23.1 Å². The minimum Gasteiger partial charge on any atom is -0.339 e. The maximum absolute atomic E-state index is 12.5. The maximum Gasteiger partial charge on any atom is 0.253 e. The predicted molar refractivity (Wildman–Crippen MR) is 89.9 cm³/mol. The molecule has 0 saturated carbocycles. The fraction of sp³-hybridized carbons (Fsp3) is 0.562. The van der Waals surface area contributed by atoms with Crippen molar-refractivity contribution in [2.75, 3.05) is 13.1 Å². The molecule has 1 aromatic carbocycles. The summed E-state index contributed by atoms with van der Waals surface area (Å²) in [6, 6.07) is 5.73. The zero-order valence-corrected chi connectivity index (χ0v) is 15.4. The van der Waals surface area contributed by atoms with Gasteiger partial charge in [-0.05, 0) is 42.4 Å². The quantitative estimate of drug-likeness (QED) is 0.639. The van der Waals surface area contributed by atoms with E-state index in [4.69, 9.17) is 0 Å². The maximum atomic E-state index is 12.5. The van der Waals surface area contributed by atoms with Crippen molar-refractivity contribution in [3.8, 4) is 0 Å². The number of carbonyl (C=O) groups is 1. The van der Waals surface area contributed by atoms with Gasteiger partial charge in [0.05, 0.1) is 0 Å². The summed E-state index contributed by atoms with van der Waals surface area (Å²) in [5, 5.41) is 0. The van der Waals surface area contributed by atoms with Crippen LogP contribution in [-0.2, 0) is 0 Å². The molecular formula is C16H21Br2NO. The summed E-state index contributed by atoms with van der Waals surface area (Å²) in [6.45, 7) is 8.61. The Bertz CT molecular complexity index is 479. The fourth-order valence-corrected chi connectivity index (χ4v) is 4.10. The van der Waals surface area contributed by atoms with Crippen LogP contribution < -0.4 is 0 Å². The molecule has 2 nitrogen and oxygen atoms in total. The van der Waals surface area contributed by atoms with Gasteiger partial charge in [0.15, 0.2) is 0 Å². The highest BCUT2D eigenvalue weighted by Crippen LogP contribution is 2.34. The van der Waals surface area contributed by atoms with Crippen LogP contribution in [-0.4, -0.2) is 23.9 Å². The Morgan fingerprint density at radius 2 is 1.60 bits per heavy atom. The lowest BCUT2D eigenvalue weighted by Gasteiger charge is -2.38. The summed E-state index contributed by atoms with van der Waals surface area (Å²) >= 11 is 6.88. The molecule has 1 aliphatic rings. The minimum atomic E-state index is 0.138. The summed E-state index contributed by atoms with van der Waals surface area (Å²) in [5.41, 5.74) is 1.09. The van der Waals surface area contributed by atoms with Gasteiger partial charge < -0.3 is 4.90 Å². The topological polar surface area (TPSA) is 20.3 Å². The first-order valence-electron chi connectivity index (χ1n) is 7.03. The Kier molecular flexibility index (Phi) is 4.96. The van der Waals surface area contributed by atoms with E-state index in [9.17, 15) is 4.79 Å². The average molecular weight is 403 g/mol. The van der Waals surface area contributed by atoms with E-state index >= 15 is 0 Å². The molecule has 1 aliphatic heterocycles. The Morgan fingerprint density at radius 1 is 1.10 bits per heavy atom. The smallest absolute Gasteiger partial charge is 0.253 e. The lowest BCUT2D eigenvalue weighted by Crippen LogP contribution is -2.41. The number of nitrogens with zero attached hydrogens (tertiary/aromatic N) is 1. The second kappa shape index (κ2) is 6.18. The average Bonchev–Trinajstić information content (AvgIpc) is 2.36. The number of piperidine rings is 1. The van der Waals surface area contributed by atoms with E-state index in [1.54, 1.807) is 0 Å². The highest BCUT2D eigenvalue weighted by molar-refractivity contribution is 9.11. The van der Waals surface area contributed by atoms with E-state index in [-0.39, 0.29) is 5.91 Å². The van der Waals surface area contributed by atoms with Gasteiger partial charge in [-0.1, -0.05) is 52.6 Å². The number of halogens is 2. The molecule has 20 heavy (non-hydrogen) atoms. The molecule has 0 N–H and O–H groups in total. The Morgan fingerprint density at radius 3 is 2.05 bits per heavy atom. The van der Waals surface area contributed by atoms with Gasteiger partial charge in [-0.3, -0.25) is 4.79 Å². The molecule has 0 bridgehead atoms. The van der Waals surface area contributed by atoms with Crippen LogP contribution in [0.15, 0.2) is 27.1 Å². The van der Waals surface area contributed by atoms with Crippen LogP contribution in [0, 0.1) is 11.3 Å². The monoisotopic (exact) mass is 401 g/mol. The molecule has 1 aromatic rings. The molecule has 0 atom stereocenters. The third-order valence-electron chi connectivity index (χ3n) is 4.12. The third-order valence-corrected chi connectivity index (χ3v) is 5.03. The number of carbonyl (C=O) groups excluding carboxylic acids is 1. The summed E-state index contributed by atoms with van der Waals surface area (Å²) < 4.78 is 1.86. The van der Waals surface area contributed by atoms with Gasteiger partial charge in [-0.2, -0.15) is 0 Å². The Hall–Kier alpha value is -0.350. The van der Waals surface area contributed by atoms with Gasteiger partial charge >= 0.3 is 0 Å². The molecule has 1 heterocycles. The standard InChI is InChI=1S/C16H21Br2NO/c1-16(2,3)12-4-6-19(7-5-12)15(20)11-8-13(17)10-14(18)9-11/h8-10,12H,4-7H2,1-3H3. The lowest BCUT2D eigenvalue weighted by molar-refractivity contribution is 0.0608. The molecule has 0 unspecified atom stereocenters. The van der Waals surface area contributed by atoms with Gasteiger partial charge in [0.25, 0.3) is 5.91 Å². The third kappa shape index (κ3) is 3.85. The van der Waals surface area contributed by atoms with E-state index < -0.39 is 0 Å². The van der Waals surface area contributed by atoms with Crippen LogP contribution in [0.3, 0.4) is 0 Å². The van der Waals surface area contributed by atoms with Crippen LogP contribution >= 0.6 is 31.9 Å². The first-order chi connectivity index (χ1) is 9.27. The number of amides is 1. The van der Waals surface area contributed by atoms with E-state index in [2.05, 4.69) is 52.6 Å². The van der Waals surface area contributed by atoms with E-state index in [1.165, 1.54) is 0 Å². The normalized spacial score (nSPS) is 17.4. The number of hydrogen-bond acceptors (Lipinski definition) is 1. The van der Waals surface area contributed by atoms with Gasteiger partial charge in [-0.25, -0.2) is 0 Å². The van der Waals surface area contributed by atoms with Gasteiger partial charge in [-0.15, -0.1) is 0 Å². The van der Waals surface area contributed by atoms with Crippen molar-refractivity contribution >= 4 is 37.8 Å². The van der Waals surface area contributed by atoms with Crippen molar-refractivity contribution < 1.29 is 4.79 Å². The second-order valence-electron chi connectivity index (χ2n) is 6.59. The number of hydrogen-bond donors (Lipinski definition) is 0. The molecule has 1 saturated heterocycles. The molecular weight excluding hydrogens is 382 g/mol. The summed E-state index contributed by atoms with van der Waals surface area (Å²) in [7, 11) is 0. The lowest BCUT2D eigenvalue weighted by atomic mass is 9.75. The highest BCUT2D eigenvalue weighted by Gasteiger charge is 2.30. The van der Waals surface area contributed by atoms with Crippen LogP contribution in [0.5, 0.6) is 0 Å². The molecule has 110 valence electrons. The van der Waals surface area contributed by atoms with Gasteiger partial charge in [0, 0.05) is 27.6 Å². The van der Waals surface area contributed by atoms with Crippen LogP contribution in [0.25, 0.3) is 0 Å². The number of benzene rings is 1. The van der Waals surface area contributed by atoms with E-state index in [0.717, 1.165) is 40.4 Å². The Balaban J connectivity index is 2.05. The molecule has 1 amide bonds.